The molecule has 0 aromatic heterocycles. The molecule has 0 amide bonds. The monoisotopic (exact) mass is 208 g/mol. The summed E-state index contributed by atoms with van der Waals surface area (Å²) in [4.78, 5) is 0. The molecule has 2 nitrogen and oxygen atoms in total. The Morgan fingerprint density at radius 1 is 1.07 bits per heavy atom. The van der Waals surface area contributed by atoms with Crippen LogP contribution in [0.4, 0.5) is 5.69 Å². The third-order valence-corrected chi connectivity index (χ3v) is 2.02. The minimum absolute atomic E-state index is 0.135. The molecule has 0 saturated carbocycles. The Balaban J connectivity index is 2.94. The molecule has 0 aliphatic heterocycles. The molecule has 1 rings (SSSR count). The summed E-state index contributed by atoms with van der Waals surface area (Å²) in [6, 6.07) is 8.27. The molecular formula is C13H22NO+. The van der Waals surface area contributed by atoms with E-state index in [-0.39, 0.29) is 5.60 Å². The maximum Gasteiger partial charge on any atom is 0.135 e. The number of hydrogen-bond donors (Lipinski definition) is 0. The molecule has 0 atom stereocenters. The van der Waals surface area contributed by atoms with Crippen molar-refractivity contribution in [1.29, 1.82) is 0 Å². The van der Waals surface area contributed by atoms with Crippen LogP contribution in [0.5, 0.6) is 5.75 Å². The second kappa shape index (κ2) is 3.86. The Bertz CT molecular complexity index is 331. The maximum absolute atomic E-state index is 5.83. The lowest BCUT2D eigenvalue weighted by Gasteiger charge is -2.26. The molecule has 15 heavy (non-hydrogen) atoms. The second-order valence-corrected chi connectivity index (χ2v) is 5.72. The molecule has 0 heterocycles. The molecule has 0 N–H and O–H groups in total. The van der Waals surface area contributed by atoms with Crippen molar-refractivity contribution in [2.24, 2.45) is 0 Å². The lowest BCUT2D eigenvalue weighted by atomic mass is 10.2. The molecule has 1 aromatic rings. The zero-order valence-electron chi connectivity index (χ0n) is 10.7. The van der Waals surface area contributed by atoms with Crippen LogP contribution in [-0.4, -0.2) is 26.7 Å². The average Bonchev–Trinajstić information content (AvgIpc) is 1.99. The second-order valence-electron chi connectivity index (χ2n) is 5.72. The molecular weight excluding hydrogens is 186 g/mol. The van der Waals surface area contributed by atoms with Gasteiger partial charge in [-0.25, -0.2) is 0 Å². The van der Waals surface area contributed by atoms with Crippen LogP contribution in [0.25, 0.3) is 0 Å². The molecule has 0 bridgehead atoms. The van der Waals surface area contributed by atoms with Gasteiger partial charge >= 0.3 is 0 Å². The lowest BCUT2D eigenvalue weighted by Crippen LogP contribution is -2.34. The number of nitrogens with zero attached hydrogens (tertiary/aromatic N) is 1. The van der Waals surface area contributed by atoms with Crippen LogP contribution in [0, 0.1) is 0 Å². The fourth-order valence-electron chi connectivity index (χ4n) is 1.32. The van der Waals surface area contributed by atoms with E-state index in [9.17, 15) is 0 Å². The molecule has 0 saturated heterocycles. The van der Waals surface area contributed by atoms with E-state index in [0.29, 0.717) is 0 Å². The summed E-state index contributed by atoms with van der Waals surface area (Å²) in [5, 5.41) is 0. The first kappa shape index (κ1) is 12.1. The Labute approximate surface area is 93.1 Å². The van der Waals surface area contributed by atoms with E-state index < -0.39 is 0 Å². The number of rotatable bonds is 2. The normalized spacial score (nSPS) is 12.7. The van der Waals surface area contributed by atoms with Crippen LogP contribution >= 0.6 is 0 Å². The minimum atomic E-state index is -0.135. The van der Waals surface area contributed by atoms with Gasteiger partial charge in [-0.15, -0.1) is 0 Å². The van der Waals surface area contributed by atoms with Crippen LogP contribution in [0.15, 0.2) is 24.3 Å². The molecule has 0 unspecified atom stereocenters. The summed E-state index contributed by atoms with van der Waals surface area (Å²) in [6.45, 7) is 6.18. The van der Waals surface area contributed by atoms with Crippen molar-refractivity contribution in [3.05, 3.63) is 24.3 Å². The standard InChI is InChI=1S/C13H22NO/c1-13(2,3)15-12-9-7-8-11(10-12)14(4,5)6/h7-10H,1-6H3/q+1. The van der Waals surface area contributed by atoms with Gasteiger partial charge in [0.2, 0.25) is 0 Å². The molecule has 0 aliphatic rings. The smallest absolute Gasteiger partial charge is 0.135 e. The van der Waals surface area contributed by atoms with Crippen molar-refractivity contribution in [3.63, 3.8) is 0 Å². The van der Waals surface area contributed by atoms with E-state index in [2.05, 4.69) is 54.0 Å². The summed E-state index contributed by atoms with van der Waals surface area (Å²) in [5.41, 5.74) is 1.11. The van der Waals surface area contributed by atoms with E-state index >= 15 is 0 Å². The Kier molecular flexibility index (Phi) is 3.10. The summed E-state index contributed by atoms with van der Waals surface area (Å²) in [6.07, 6.45) is 0. The quantitative estimate of drug-likeness (QED) is 0.679. The highest BCUT2D eigenvalue weighted by atomic mass is 16.5. The zero-order chi connectivity index (χ0) is 11.7. The van der Waals surface area contributed by atoms with Gasteiger partial charge < -0.3 is 4.74 Å². The summed E-state index contributed by atoms with van der Waals surface area (Å²) >= 11 is 0. The third-order valence-electron chi connectivity index (χ3n) is 2.02. The first-order valence-corrected chi connectivity index (χ1v) is 5.29. The van der Waals surface area contributed by atoms with Crippen molar-refractivity contribution in [2.45, 2.75) is 26.4 Å². The van der Waals surface area contributed by atoms with E-state index in [1.807, 2.05) is 12.1 Å². The van der Waals surface area contributed by atoms with Crippen LogP contribution in [0.3, 0.4) is 0 Å². The Morgan fingerprint density at radius 3 is 2.13 bits per heavy atom. The van der Waals surface area contributed by atoms with Crippen molar-refractivity contribution in [1.82, 2.24) is 4.48 Å². The largest absolute Gasteiger partial charge is 0.488 e. The van der Waals surface area contributed by atoms with E-state index in [1.165, 1.54) is 5.69 Å². The first-order valence-electron chi connectivity index (χ1n) is 5.29. The molecule has 0 fully saturated rings. The topological polar surface area (TPSA) is 9.23 Å². The van der Waals surface area contributed by atoms with E-state index in [4.69, 9.17) is 4.74 Å². The number of hydrogen-bond acceptors (Lipinski definition) is 1. The van der Waals surface area contributed by atoms with Crippen LogP contribution < -0.4 is 9.22 Å². The van der Waals surface area contributed by atoms with Crippen LogP contribution in [0.2, 0.25) is 0 Å². The van der Waals surface area contributed by atoms with E-state index in [0.717, 1.165) is 10.2 Å². The van der Waals surface area contributed by atoms with Crippen molar-refractivity contribution in [3.8, 4) is 5.75 Å². The predicted octanol–water partition coefficient (Wildman–Crippen LogP) is 3.06. The summed E-state index contributed by atoms with van der Waals surface area (Å²) in [7, 11) is 6.45. The van der Waals surface area contributed by atoms with E-state index in [1.54, 1.807) is 0 Å². The highest BCUT2D eigenvalue weighted by Gasteiger charge is 2.16. The number of ether oxygens (including phenoxy) is 1. The molecule has 0 radical (unpaired) electrons. The number of benzene rings is 1. The first-order chi connectivity index (χ1) is 6.68. The van der Waals surface area contributed by atoms with Gasteiger partial charge in [-0.05, 0) is 32.9 Å². The van der Waals surface area contributed by atoms with Gasteiger partial charge in [-0.3, -0.25) is 4.48 Å². The Hall–Kier alpha value is -1.02. The molecule has 84 valence electrons. The fraction of sp³-hybridized carbons (Fsp3) is 0.538. The SMILES string of the molecule is CC(C)(C)Oc1cccc([N+](C)(C)C)c1. The third kappa shape index (κ3) is 3.92. The van der Waals surface area contributed by atoms with Crippen molar-refractivity contribution in [2.75, 3.05) is 21.1 Å². The highest BCUT2D eigenvalue weighted by Crippen LogP contribution is 2.25. The summed E-state index contributed by atoms with van der Waals surface area (Å²) < 4.78 is 6.63. The highest BCUT2D eigenvalue weighted by molar-refractivity contribution is 5.46. The van der Waals surface area contributed by atoms with Gasteiger partial charge in [0.05, 0.1) is 21.1 Å². The molecule has 0 spiro atoms. The van der Waals surface area contributed by atoms with Gasteiger partial charge in [0, 0.05) is 6.07 Å². The maximum atomic E-state index is 5.83. The average molecular weight is 208 g/mol. The molecule has 1 aromatic carbocycles. The zero-order valence-corrected chi connectivity index (χ0v) is 10.7. The Morgan fingerprint density at radius 2 is 1.67 bits per heavy atom. The van der Waals surface area contributed by atoms with Gasteiger partial charge in [0.25, 0.3) is 0 Å². The van der Waals surface area contributed by atoms with Gasteiger partial charge in [-0.1, -0.05) is 6.07 Å². The van der Waals surface area contributed by atoms with Crippen LogP contribution in [-0.2, 0) is 0 Å². The van der Waals surface area contributed by atoms with Crippen molar-refractivity contribution >= 4 is 5.69 Å². The predicted molar refractivity (Wildman–Crippen MR) is 66.4 cm³/mol. The van der Waals surface area contributed by atoms with Crippen LogP contribution in [0.1, 0.15) is 20.8 Å². The van der Waals surface area contributed by atoms with Gasteiger partial charge in [-0.2, -0.15) is 0 Å². The number of quaternary nitrogens is 1. The van der Waals surface area contributed by atoms with Gasteiger partial charge in [0.1, 0.15) is 17.0 Å². The molecule has 0 aliphatic carbocycles. The fourth-order valence-corrected chi connectivity index (χ4v) is 1.32. The lowest BCUT2D eigenvalue weighted by molar-refractivity contribution is 0.131. The summed E-state index contributed by atoms with van der Waals surface area (Å²) in [5.74, 6) is 0.938. The van der Waals surface area contributed by atoms with Gasteiger partial charge in [0.15, 0.2) is 0 Å². The minimum Gasteiger partial charge on any atom is -0.488 e. The van der Waals surface area contributed by atoms with Crippen molar-refractivity contribution < 1.29 is 4.74 Å². The molecule has 2 heteroatoms.